The molecule has 0 radical (unpaired) electrons. The number of hydrogen-bond donors (Lipinski definition) is 4. The summed E-state index contributed by atoms with van der Waals surface area (Å²) in [5.41, 5.74) is 0. The first kappa shape index (κ1) is 17.2. The Labute approximate surface area is 111 Å². The number of amides is 2. The van der Waals surface area contributed by atoms with Crippen molar-refractivity contribution < 1.29 is 29.7 Å². The van der Waals surface area contributed by atoms with Crippen molar-refractivity contribution in [1.82, 2.24) is 10.2 Å². The second-order valence-electron chi connectivity index (χ2n) is 3.93. The van der Waals surface area contributed by atoms with Gasteiger partial charge in [0.05, 0.1) is 0 Å². The minimum atomic E-state index is -1.27. The van der Waals surface area contributed by atoms with Crippen molar-refractivity contribution in [1.29, 1.82) is 0 Å². The van der Waals surface area contributed by atoms with E-state index in [1.807, 2.05) is 0 Å². The van der Waals surface area contributed by atoms with Crippen LogP contribution in [-0.4, -0.2) is 63.9 Å². The molecule has 0 aliphatic carbocycles. The van der Waals surface area contributed by atoms with Crippen LogP contribution in [0.5, 0.6) is 0 Å². The first-order chi connectivity index (χ1) is 8.92. The monoisotopic (exact) mass is 276 g/mol. The standard InChI is InChI=1S/C11H20N2O6/c1-2-13(6-3-7-14)11(19)12-8(10(17)18)4-5-9(15)16/h8,14H,2-7H2,1H3,(H,12,19)(H,15,16)(H,17,18). The van der Waals surface area contributed by atoms with Gasteiger partial charge in [0.1, 0.15) is 6.04 Å². The SMILES string of the molecule is CCN(CCCO)C(=O)NC(CCC(=O)O)C(=O)O. The summed E-state index contributed by atoms with van der Waals surface area (Å²) in [6, 6.07) is -1.81. The Balaban J connectivity index is 4.42. The predicted molar refractivity (Wildman–Crippen MR) is 65.8 cm³/mol. The van der Waals surface area contributed by atoms with Gasteiger partial charge in [-0.05, 0) is 19.8 Å². The molecule has 0 fully saturated rings. The van der Waals surface area contributed by atoms with Crippen LogP contribution in [0.4, 0.5) is 4.79 Å². The molecule has 0 aromatic rings. The third kappa shape index (κ3) is 7.24. The fourth-order valence-corrected chi connectivity index (χ4v) is 1.43. The largest absolute Gasteiger partial charge is 0.481 e. The van der Waals surface area contributed by atoms with Crippen LogP contribution in [0.25, 0.3) is 0 Å². The summed E-state index contributed by atoms with van der Waals surface area (Å²) in [4.78, 5) is 34.4. The Morgan fingerprint density at radius 1 is 1.26 bits per heavy atom. The molecule has 0 spiro atoms. The number of rotatable bonds is 9. The number of carbonyl (C=O) groups excluding carboxylic acids is 1. The van der Waals surface area contributed by atoms with Gasteiger partial charge in [-0.2, -0.15) is 0 Å². The molecule has 2 amide bonds. The van der Waals surface area contributed by atoms with E-state index < -0.39 is 24.0 Å². The summed E-state index contributed by atoms with van der Waals surface area (Å²) in [5, 5.41) is 28.4. The third-order valence-electron chi connectivity index (χ3n) is 2.50. The van der Waals surface area contributed by atoms with Gasteiger partial charge in [-0.3, -0.25) is 4.79 Å². The Morgan fingerprint density at radius 2 is 1.89 bits per heavy atom. The topological polar surface area (TPSA) is 127 Å². The molecule has 0 bridgehead atoms. The van der Waals surface area contributed by atoms with Gasteiger partial charge < -0.3 is 25.5 Å². The summed E-state index contributed by atoms with van der Waals surface area (Å²) >= 11 is 0. The summed E-state index contributed by atoms with van der Waals surface area (Å²) in [5.74, 6) is -2.39. The molecule has 0 aromatic carbocycles. The lowest BCUT2D eigenvalue weighted by Gasteiger charge is -2.23. The number of aliphatic hydroxyl groups is 1. The van der Waals surface area contributed by atoms with Crippen LogP contribution in [0, 0.1) is 0 Å². The molecule has 0 aliphatic rings. The number of carbonyl (C=O) groups is 3. The highest BCUT2D eigenvalue weighted by Gasteiger charge is 2.23. The molecule has 8 heteroatoms. The zero-order valence-electron chi connectivity index (χ0n) is 10.8. The van der Waals surface area contributed by atoms with Gasteiger partial charge in [-0.1, -0.05) is 0 Å². The molecule has 0 aromatic heterocycles. The molecule has 8 nitrogen and oxygen atoms in total. The van der Waals surface area contributed by atoms with Crippen molar-refractivity contribution in [2.75, 3.05) is 19.7 Å². The quantitative estimate of drug-likeness (QED) is 0.458. The number of carboxylic acid groups (broad SMARTS) is 2. The average molecular weight is 276 g/mol. The fraction of sp³-hybridized carbons (Fsp3) is 0.727. The van der Waals surface area contributed by atoms with E-state index in [9.17, 15) is 14.4 Å². The van der Waals surface area contributed by atoms with Crippen LogP contribution in [0.2, 0.25) is 0 Å². The van der Waals surface area contributed by atoms with Crippen LogP contribution in [0.1, 0.15) is 26.2 Å². The van der Waals surface area contributed by atoms with Gasteiger partial charge in [0, 0.05) is 26.1 Å². The first-order valence-electron chi connectivity index (χ1n) is 6.03. The lowest BCUT2D eigenvalue weighted by molar-refractivity contribution is -0.140. The number of urea groups is 1. The fourth-order valence-electron chi connectivity index (χ4n) is 1.43. The van der Waals surface area contributed by atoms with E-state index >= 15 is 0 Å². The van der Waals surface area contributed by atoms with Crippen molar-refractivity contribution in [2.24, 2.45) is 0 Å². The van der Waals surface area contributed by atoms with E-state index in [1.165, 1.54) is 4.90 Å². The molecular formula is C11H20N2O6. The Morgan fingerprint density at radius 3 is 2.32 bits per heavy atom. The number of carboxylic acids is 2. The molecular weight excluding hydrogens is 256 g/mol. The number of nitrogens with one attached hydrogen (secondary N) is 1. The van der Waals surface area contributed by atoms with Gasteiger partial charge in [0.25, 0.3) is 0 Å². The zero-order valence-corrected chi connectivity index (χ0v) is 10.8. The van der Waals surface area contributed by atoms with Crippen LogP contribution < -0.4 is 5.32 Å². The van der Waals surface area contributed by atoms with Crippen LogP contribution in [-0.2, 0) is 9.59 Å². The summed E-state index contributed by atoms with van der Waals surface area (Å²) in [6.45, 7) is 2.34. The highest BCUT2D eigenvalue weighted by atomic mass is 16.4. The van der Waals surface area contributed by atoms with Gasteiger partial charge in [-0.25, -0.2) is 9.59 Å². The second-order valence-corrected chi connectivity index (χ2v) is 3.93. The Hall–Kier alpha value is -1.83. The highest BCUT2D eigenvalue weighted by molar-refractivity contribution is 5.83. The number of aliphatic hydroxyl groups excluding tert-OH is 1. The highest BCUT2D eigenvalue weighted by Crippen LogP contribution is 2.01. The van der Waals surface area contributed by atoms with Crippen molar-refractivity contribution in [2.45, 2.75) is 32.2 Å². The van der Waals surface area contributed by atoms with E-state index in [0.29, 0.717) is 19.5 Å². The number of aliphatic carboxylic acids is 2. The second kappa shape index (κ2) is 9.15. The minimum Gasteiger partial charge on any atom is -0.481 e. The Kier molecular flexibility index (Phi) is 8.27. The van der Waals surface area contributed by atoms with Crippen molar-refractivity contribution in [3.8, 4) is 0 Å². The maximum atomic E-state index is 11.8. The molecule has 19 heavy (non-hydrogen) atoms. The minimum absolute atomic E-state index is 0.0643. The molecule has 0 saturated heterocycles. The van der Waals surface area contributed by atoms with Gasteiger partial charge in [0.2, 0.25) is 0 Å². The summed E-state index contributed by atoms with van der Waals surface area (Å²) in [6.07, 6.45) is -0.109. The lowest BCUT2D eigenvalue weighted by Crippen LogP contribution is -2.48. The zero-order chi connectivity index (χ0) is 14.8. The average Bonchev–Trinajstić information content (AvgIpc) is 2.34. The predicted octanol–water partition coefficient (Wildman–Crippen LogP) is -0.282. The summed E-state index contributed by atoms with van der Waals surface area (Å²) in [7, 11) is 0. The lowest BCUT2D eigenvalue weighted by atomic mass is 10.1. The normalized spacial score (nSPS) is 11.7. The number of nitrogens with zero attached hydrogens (tertiary/aromatic N) is 1. The van der Waals surface area contributed by atoms with E-state index in [-0.39, 0.29) is 19.4 Å². The van der Waals surface area contributed by atoms with Crippen LogP contribution in [0.3, 0.4) is 0 Å². The van der Waals surface area contributed by atoms with Crippen molar-refractivity contribution in [3.05, 3.63) is 0 Å². The molecule has 1 unspecified atom stereocenters. The maximum Gasteiger partial charge on any atom is 0.326 e. The maximum absolute atomic E-state index is 11.8. The van der Waals surface area contributed by atoms with Gasteiger partial charge in [-0.15, -0.1) is 0 Å². The van der Waals surface area contributed by atoms with Gasteiger partial charge in [0.15, 0.2) is 0 Å². The van der Waals surface area contributed by atoms with E-state index in [2.05, 4.69) is 5.32 Å². The number of hydrogen-bond acceptors (Lipinski definition) is 4. The molecule has 0 aliphatic heterocycles. The van der Waals surface area contributed by atoms with Crippen molar-refractivity contribution >= 4 is 18.0 Å². The molecule has 1 atom stereocenters. The molecule has 0 saturated carbocycles. The van der Waals surface area contributed by atoms with E-state index in [4.69, 9.17) is 15.3 Å². The van der Waals surface area contributed by atoms with Crippen LogP contribution >= 0.6 is 0 Å². The Bertz CT molecular complexity index is 320. The van der Waals surface area contributed by atoms with Crippen LogP contribution in [0.15, 0.2) is 0 Å². The van der Waals surface area contributed by atoms with E-state index in [1.54, 1.807) is 6.92 Å². The van der Waals surface area contributed by atoms with Gasteiger partial charge >= 0.3 is 18.0 Å². The molecule has 4 N–H and O–H groups in total. The first-order valence-corrected chi connectivity index (χ1v) is 6.03. The van der Waals surface area contributed by atoms with E-state index in [0.717, 1.165) is 0 Å². The smallest absolute Gasteiger partial charge is 0.326 e. The van der Waals surface area contributed by atoms with Crippen molar-refractivity contribution in [3.63, 3.8) is 0 Å². The molecule has 0 rings (SSSR count). The third-order valence-corrected chi connectivity index (χ3v) is 2.50. The summed E-state index contributed by atoms with van der Waals surface area (Å²) < 4.78 is 0. The molecule has 110 valence electrons. The molecule has 0 heterocycles.